The van der Waals surface area contributed by atoms with Crippen molar-refractivity contribution in [2.75, 3.05) is 39.3 Å². The van der Waals surface area contributed by atoms with E-state index in [9.17, 15) is 9.59 Å². The van der Waals surface area contributed by atoms with E-state index in [1.807, 2.05) is 30.3 Å². The Bertz CT molecular complexity index is 504. The van der Waals surface area contributed by atoms with Crippen LogP contribution in [0.2, 0.25) is 0 Å². The van der Waals surface area contributed by atoms with E-state index in [0.29, 0.717) is 13.1 Å². The summed E-state index contributed by atoms with van der Waals surface area (Å²) in [5, 5.41) is 9.00. The van der Waals surface area contributed by atoms with Crippen molar-refractivity contribution in [1.82, 2.24) is 9.80 Å². The van der Waals surface area contributed by atoms with Gasteiger partial charge < -0.3 is 10.0 Å². The number of carbonyl (C=O) groups excluding carboxylic acids is 1. The monoisotopic (exact) mass is 304 g/mol. The normalized spacial score (nSPS) is 18.6. The predicted octanol–water partition coefficient (Wildman–Crippen LogP) is 1.60. The van der Waals surface area contributed by atoms with Gasteiger partial charge in [0, 0.05) is 25.2 Å². The van der Waals surface area contributed by atoms with Crippen LogP contribution in [0.15, 0.2) is 30.3 Å². The van der Waals surface area contributed by atoms with Gasteiger partial charge in [-0.25, -0.2) is 0 Å². The number of rotatable bonds is 6. The van der Waals surface area contributed by atoms with Crippen LogP contribution in [0.5, 0.6) is 0 Å². The summed E-state index contributed by atoms with van der Waals surface area (Å²) in [6.45, 7) is 6.17. The van der Waals surface area contributed by atoms with E-state index in [0.717, 1.165) is 38.2 Å². The molecule has 22 heavy (non-hydrogen) atoms. The third-order valence-electron chi connectivity index (χ3n) is 4.10. The smallest absolute Gasteiger partial charge is 0.307 e. The molecule has 0 radical (unpaired) electrons. The van der Waals surface area contributed by atoms with E-state index < -0.39 is 5.97 Å². The summed E-state index contributed by atoms with van der Waals surface area (Å²) in [4.78, 5) is 27.5. The van der Waals surface area contributed by atoms with Crippen LogP contribution in [-0.2, 0) is 4.79 Å². The molecule has 1 saturated heterocycles. The van der Waals surface area contributed by atoms with Gasteiger partial charge >= 0.3 is 5.97 Å². The van der Waals surface area contributed by atoms with Gasteiger partial charge in [0.05, 0.1) is 12.5 Å². The summed E-state index contributed by atoms with van der Waals surface area (Å²) in [6, 6.07) is 9.36. The maximum Gasteiger partial charge on any atom is 0.307 e. The fourth-order valence-electron chi connectivity index (χ4n) is 2.75. The second kappa shape index (κ2) is 8.06. The first kappa shape index (κ1) is 16.6. The first-order chi connectivity index (χ1) is 10.6. The first-order valence-corrected chi connectivity index (χ1v) is 7.82. The van der Waals surface area contributed by atoms with Crippen LogP contribution in [0.4, 0.5) is 0 Å². The number of nitrogens with zero attached hydrogens (tertiary/aromatic N) is 2. The van der Waals surface area contributed by atoms with Crippen molar-refractivity contribution < 1.29 is 14.7 Å². The van der Waals surface area contributed by atoms with E-state index in [1.54, 1.807) is 6.92 Å². The van der Waals surface area contributed by atoms with E-state index in [1.165, 1.54) is 0 Å². The maximum atomic E-state index is 12.2. The molecule has 1 atom stereocenters. The van der Waals surface area contributed by atoms with Gasteiger partial charge in [-0.15, -0.1) is 0 Å². The first-order valence-electron chi connectivity index (χ1n) is 7.82. The summed E-state index contributed by atoms with van der Waals surface area (Å²) >= 11 is 0. The average Bonchev–Trinajstić information content (AvgIpc) is 2.73. The van der Waals surface area contributed by atoms with Crippen molar-refractivity contribution in [2.45, 2.75) is 13.3 Å². The molecule has 5 heteroatoms. The van der Waals surface area contributed by atoms with Gasteiger partial charge in [-0.2, -0.15) is 0 Å². The van der Waals surface area contributed by atoms with Crippen LogP contribution in [0.1, 0.15) is 23.7 Å². The van der Waals surface area contributed by atoms with E-state index in [4.69, 9.17) is 5.11 Å². The highest BCUT2D eigenvalue weighted by molar-refractivity contribution is 5.97. The van der Waals surface area contributed by atoms with Gasteiger partial charge in [0.2, 0.25) is 0 Å². The Kier molecular flexibility index (Phi) is 6.10. The minimum atomic E-state index is -0.750. The molecular weight excluding hydrogens is 280 g/mol. The van der Waals surface area contributed by atoms with E-state index in [2.05, 4.69) is 9.80 Å². The molecule has 1 N–H and O–H groups in total. The van der Waals surface area contributed by atoms with Crippen LogP contribution in [-0.4, -0.2) is 65.9 Å². The molecule has 0 aliphatic carbocycles. The molecule has 1 heterocycles. The zero-order chi connectivity index (χ0) is 15.9. The van der Waals surface area contributed by atoms with Crippen molar-refractivity contribution >= 4 is 11.8 Å². The second-order valence-corrected chi connectivity index (χ2v) is 5.96. The average molecular weight is 304 g/mol. The standard InChI is InChI=1S/C17H24N2O3/c1-14(17(21)22)12-18-8-5-9-19(11-10-18)13-16(20)15-6-3-2-4-7-15/h2-4,6-7,14H,5,8-13H2,1H3,(H,21,22). The van der Waals surface area contributed by atoms with Crippen LogP contribution in [0, 0.1) is 5.92 Å². The highest BCUT2D eigenvalue weighted by atomic mass is 16.4. The third kappa shape index (κ3) is 4.93. The number of benzene rings is 1. The molecule has 0 saturated carbocycles. The largest absolute Gasteiger partial charge is 0.481 e. The van der Waals surface area contributed by atoms with Crippen LogP contribution in [0.3, 0.4) is 0 Å². The maximum absolute atomic E-state index is 12.2. The quantitative estimate of drug-likeness (QED) is 0.809. The molecule has 120 valence electrons. The molecule has 1 aliphatic heterocycles. The molecule has 0 aromatic heterocycles. The molecule has 2 rings (SSSR count). The Hall–Kier alpha value is -1.72. The Morgan fingerprint density at radius 2 is 1.73 bits per heavy atom. The van der Waals surface area contributed by atoms with E-state index in [-0.39, 0.29) is 11.7 Å². The summed E-state index contributed by atoms with van der Waals surface area (Å²) in [5.41, 5.74) is 0.753. The topological polar surface area (TPSA) is 60.9 Å². The summed E-state index contributed by atoms with van der Waals surface area (Å²) in [6.07, 6.45) is 0.967. The van der Waals surface area contributed by atoms with Gasteiger partial charge in [0.1, 0.15) is 0 Å². The van der Waals surface area contributed by atoms with Crippen LogP contribution >= 0.6 is 0 Å². The number of hydrogen-bond acceptors (Lipinski definition) is 4. The van der Waals surface area contributed by atoms with Crippen molar-refractivity contribution in [1.29, 1.82) is 0 Å². The Morgan fingerprint density at radius 3 is 2.41 bits per heavy atom. The molecule has 5 nitrogen and oxygen atoms in total. The lowest BCUT2D eigenvalue weighted by Gasteiger charge is -2.22. The summed E-state index contributed by atoms with van der Waals surface area (Å²) in [7, 11) is 0. The lowest BCUT2D eigenvalue weighted by molar-refractivity contribution is -0.141. The number of Topliss-reactive ketones (excluding diaryl/α,β-unsaturated/α-hetero) is 1. The molecule has 0 bridgehead atoms. The summed E-state index contributed by atoms with van der Waals surface area (Å²) < 4.78 is 0. The van der Waals surface area contributed by atoms with Gasteiger partial charge in [0.25, 0.3) is 0 Å². The highest BCUT2D eigenvalue weighted by Gasteiger charge is 2.20. The predicted molar refractivity (Wildman–Crippen MR) is 85.1 cm³/mol. The third-order valence-corrected chi connectivity index (χ3v) is 4.10. The van der Waals surface area contributed by atoms with Gasteiger partial charge in [-0.1, -0.05) is 37.3 Å². The lowest BCUT2D eigenvalue weighted by atomic mass is 10.1. The number of hydrogen-bond donors (Lipinski definition) is 1. The SMILES string of the molecule is CC(CN1CCCN(CC(=O)c2ccccc2)CC1)C(=O)O. The molecular formula is C17H24N2O3. The molecule has 1 aliphatic rings. The van der Waals surface area contributed by atoms with Crippen molar-refractivity contribution in [3.63, 3.8) is 0 Å². The molecule has 1 fully saturated rings. The Balaban J connectivity index is 1.83. The minimum absolute atomic E-state index is 0.146. The fourth-order valence-corrected chi connectivity index (χ4v) is 2.75. The number of aliphatic carboxylic acids is 1. The van der Waals surface area contributed by atoms with Crippen molar-refractivity contribution in [3.8, 4) is 0 Å². The molecule has 1 aromatic rings. The molecule has 1 unspecified atom stereocenters. The molecule has 0 spiro atoms. The van der Waals surface area contributed by atoms with Crippen LogP contribution < -0.4 is 0 Å². The van der Waals surface area contributed by atoms with Crippen molar-refractivity contribution in [2.24, 2.45) is 5.92 Å². The Labute approximate surface area is 131 Å². The zero-order valence-electron chi connectivity index (χ0n) is 13.1. The minimum Gasteiger partial charge on any atom is -0.481 e. The Morgan fingerprint density at radius 1 is 1.09 bits per heavy atom. The number of carboxylic acid groups (broad SMARTS) is 1. The number of ketones is 1. The fraction of sp³-hybridized carbons (Fsp3) is 0.529. The second-order valence-electron chi connectivity index (χ2n) is 5.96. The lowest BCUT2D eigenvalue weighted by Crippen LogP contribution is -2.36. The van der Waals surface area contributed by atoms with Gasteiger partial charge in [0.15, 0.2) is 5.78 Å². The van der Waals surface area contributed by atoms with Gasteiger partial charge in [-0.05, 0) is 19.5 Å². The number of carbonyl (C=O) groups is 2. The molecule has 1 aromatic carbocycles. The number of carboxylic acids is 1. The van der Waals surface area contributed by atoms with Gasteiger partial charge in [-0.3, -0.25) is 14.5 Å². The molecule has 0 amide bonds. The zero-order valence-corrected chi connectivity index (χ0v) is 13.1. The highest BCUT2D eigenvalue weighted by Crippen LogP contribution is 2.08. The van der Waals surface area contributed by atoms with E-state index >= 15 is 0 Å². The summed E-state index contributed by atoms with van der Waals surface area (Å²) in [5.74, 6) is -0.953. The van der Waals surface area contributed by atoms with Crippen LogP contribution in [0.25, 0.3) is 0 Å². The van der Waals surface area contributed by atoms with Crippen molar-refractivity contribution in [3.05, 3.63) is 35.9 Å².